The summed E-state index contributed by atoms with van der Waals surface area (Å²) in [6.45, 7) is 0. The predicted molar refractivity (Wildman–Crippen MR) is 178 cm³/mol. The van der Waals surface area contributed by atoms with Crippen LogP contribution in [0.3, 0.4) is 0 Å². The smallest absolute Gasteiger partial charge is 0.208 e. The average Bonchev–Trinajstić information content (AvgIpc) is 3.40. The molecule has 6 aromatic carbocycles. The Hall–Kier alpha value is -5.38. The molecule has 0 fully saturated rings. The van der Waals surface area contributed by atoms with E-state index in [1.54, 1.807) is 0 Å². The zero-order valence-corrected chi connectivity index (χ0v) is 24.5. The van der Waals surface area contributed by atoms with Crippen molar-refractivity contribution in [1.82, 2.24) is 15.0 Å². The summed E-state index contributed by atoms with van der Waals surface area (Å²) in [6.07, 6.45) is 0. The number of rotatable bonds is 5. The van der Waals surface area contributed by atoms with Crippen LogP contribution in [0.2, 0.25) is 5.28 Å². The molecule has 0 spiro atoms. The molecule has 8 rings (SSSR count). The molecule has 0 radical (unpaired) electrons. The summed E-state index contributed by atoms with van der Waals surface area (Å²) in [5, 5.41) is 0.163. The molecule has 7 aromatic rings. The van der Waals surface area contributed by atoms with E-state index in [1.165, 1.54) is 33.4 Å². The van der Waals surface area contributed by atoms with Gasteiger partial charge in [-0.25, -0.2) is 4.98 Å². The Balaban J connectivity index is 1.32. The topological polar surface area (TPSA) is 38.7 Å². The lowest BCUT2D eigenvalue weighted by molar-refractivity contribution is 0.768. The number of hydrogen-bond acceptors (Lipinski definition) is 3. The summed E-state index contributed by atoms with van der Waals surface area (Å²) in [4.78, 5) is 14.1. The maximum absolute atomic E-state index is 6.58. The molecule has 4 heteroatoms. The number of fused-ring (bicyclic) bond motifs is 3. The first kappa shape index (κ1) is 26.3. The van der Waals surface area contributed by atoms with Gasteiger partial charge in [0.1, 0.15) is 0 Å². The third kappa shape index (κ3) is 4.24. The standard InChI is InChI=1S/C40H26ClN3/c41-39-43-37(29-16-12-15-28(25-29)27-13-4-1-5-14-27)42-38(44-39)30-23-24-34-33-21-10-11-22-35(33)40(36(34)26-30,31-17-6-2-7-18-31)32-19-8-3-9-20-32/h1-26H. The van der Waals surface area contributed by atoms with Gasteiger partial charge in [0, 0.05) is 11.1 Å². The number of nitrogens with zero attached hydrogens (tertiary/aromatic N) is 3. The SMILES string of the molecule is Clc1nc(-c2cccc(-c3ccccc3)c2)nc(-c2ccc3c(c2)C(c2ccccc2)(c2ccccc2)c2ccccc2-3)n1. The van der Waals surface area contributed by atoms with E-state index in [9.17, 15) is 0 Å². The van der Waals surface area contributed by atoms with Crippen LogP contribution in [0.5, 0.6) is 0 Å². The Kier molecular flexibility index (Phi) is 6.40. The zero-order valence-electron chi connectivity index (χ0n) is 23.7. The van der Waals surface area contributed by atoms with E-state index in [0.717, 1.165) is 22.3 Å². The minimum atomic E-state index is -0.506. The van der Waals surface area contributed by atoms with Crippen molar-refractivity contribution < 1.29 is 0 Å². The molecule has 0 saturated carbocycles. The molecular weight excluding hydrogens is 558 g/mol. The van der Waals surface area contributed by atoms with Crippen LogP contribution >= 0.6 is 11.6 Å². The van der Waals surface area contributed by atoms with Crippen LogP contribution < -0.4 is 0 Å². The summed E-state index contributed by atoms with van der Waals surface area (Å²) in [7, 11) is 0. The first-order valence-electron chi connectivity index (χ1n) is 14.6. The fourth-order valence-corrected chi connectivity index (χ4v) is 6.82. The van der Waals surface area contributed by atoms with Gasteiger partial charge in [0.05, 0.1) is 5.41 Å². The molecule has 44 heavy (non-hydrogen) atoms. The Morgan fingerprint density at radius 3 is 1.59 bits per heavy atom. The van der Waals surface area contributed by atoms with Crippen molar-refractivity contribution in [3.8, 4) is 45.0 Å². The summed E-state index contributed by atoms with van der Waals surface area (Å²) in [5.41, 5.74) is 10.8. The second kappa shape index (κ2) is 10.7. The highest BCUT2D eigenvalue weighted by Gasteiger charge is 2.46. The molecule has 1 aliphatic carbocycles. The zero-order chi connectivity index (χ0) is 29.5. The van der Waals surface area contributed by atoms with E-state index in [0.29, 0.717) is 11.6 Å². The van der Waals surface area contributed by atoms with Gasteiger partial charge in [-0.05, 0) is 68.2 Å². The highest BCUT2D eigenvalue weighted by molar-refractivity contribution is 6.28. The van der Waals surface area contributed by atoms with Gasteiger partial charge >= 0.3 is 0 Å². The molecule has 1 aliphatic rings. The monoisotopic (exact) mass is 583 g/mol. The van der Waals surface area contributed by atoms with Gasteiger partial charge in [-0.2, -0.15) is 9.97 Å². The molecule has 0 bridgehead atoms. The molecule has 1 aromatic heterocycles. The Bertz CT molecular complexity index is 2090. The first-order chi connectivity index (χ1) is 21.7. The van der Waals surface area contributed by atoms with Gasteiger partial charge in [0.2, 0.25) is 5.28 Å². The number of aromatic nitrogens is 3. The summed E-state index contributed by atoms with van der Waals surface area (Å²) < 4.78 is 0. The van der Waals surface area contributed by atoms with Gasteiger partial charge in [-0.3, -0.25) is 0 Å². The number of halogens is 1. The van der Waals surface area contributed by atoms with E-state index in [1.807, 2.05) is 30.3 Å². The molecule has 0 amide bonds. The quantitative estimate of drug-likeness (QED) is 0.202. The maximum atomic E-state index is 6.58. The second-order valence-electron chi connectivity index (χ2n) is 11.0. The number of benzene rings is 6. The lowest BCUT2D eigenvalue weighted by Gasteiger charge is -2.34. The van der Waals surface area contributed by atoms with E-state index in [2.05, 4.69) is 137 Å². The van der Waals surface area contributed by atoms with Crippen LogP contribution in [0.4, 0.5) is 0 Å². The maximum Gasteiger partial charge on any atom is 0.226 e. The summed E-state index contributed by atoms with van der Waals surface area (Å²) in [6, 6.07) is 55.3. The van der Waals surface area contributed by atoms with Gasteiger partial charge in [-0.15, -0.1) is 0 Å². The van der Waals surface area contributed by atoms with Gasteiger partial charge in [0.15, 0.2) is 11.6 Å². The molecule has 3 nitrogen and oxygen atoms in total. The normalized spacial score (nSPS) is 12.8. The minimum absolute atomic E-state index is 0.163. The third-order valence-corrected chi connectivity index (χ3v) is 8.72. The molecular formula is C40H26ClN3. The molecule has 208 valence electrons. The number of hydrogen-bond donors (Lipinski definition) is 0. The molecule has 1 heterocycles. The minimum Gasteiger partial charge on any atom is -0.208 e. The van der Waals surface area contributed by atoms with Crippen molar-refractivity contribution in [1.29, 1.82) is 0 Å². The molecule has 0 N–H and O–H groups in total. The van der Waals surface area contributed by atoms with E-state index in [-0.39, 0.29) is 5.28 Å². The molecule has 0 aliphatic heterocycles. The van der Waals surface area contributed by atoms with Crippen LogP contribution in [-0.2, 0) is 5.41 Å². The third-order valence-electron chi connectivity index (χ3n) is 8.55. The highest BCUT2D eigenvalue weighted by Crippen LogP contribution is 2.56. The van der Waals surface area contributed by atoms with E-state index >= 15 is 0 Å². The Morgan fingerprint density at radius 2 is 0.909 bits per heavy atom. The Morgan fingerprint density at radius 1 is 0.386 bits per heavy atom. The van der Waals surface area contributed by atoms with E-state index < -0.39 is 5.41 Å². The van der Waals surface area contributed by atoms with Crippen molar-refractivity contribution in [3.05, 3.63) is 185 Å². The van der Waals surface area contributed by atoms with Gasteiger partial charge < -0.3 is 0 Å². The van der Waals surface area contributed by atoms with Gasteiger partial charge in [0.25, 0.3) is 0 Å². The second-order valence-corrected chi connectivity index (χ2v) is 11.3. The largest absolute Gasteiger partial charge is 0.226 e. The van der Waals surface area contributed by atoms with Crippen LogP contribution in [-0.4, -0.2) is 15.0 Å². The predicted octanol–water partition coefficient (Wildman–Crippen LogP) is 9.89. The van der Waals surface area contributed by atoms with Crippen molar-refractivity contribution in [2.75, 3.05) is 0 Å². The van der Waals surface area contributed by atoms with Crippen LogP contribution in [0.1, 0.15) is 22.3 Å². The van der Waals surface area contributed by atoms with Gasteiger partial charge in [-0.1, -0.05) is 146 Å². The highest BCUT2D eigenvalue weighted by atomic mass is 35.5. The molecule has 0 saturated heterocycles. The average molecular weight is 584 g/mol. The van der Waals surface area contributed by atoms with Crippen molar-refractivity contribution >= 4 is 11.6 Å². The lowest BCUT2D eigenvalue weighted by atomic mass is 9.67. The van der Waals surface area contributed by atoms with Crippen molar-refractivity contribution in [2.45, 2.75) is 5.41 Å². The molecule has 0 atom stereocenters. The summed E-state index contributed by atoms with van der Waals surface area (Å²) >= 11 is 6.58. The fraction of sp³-hybridized carbons (Fsp3) is 0.0250. The Labute approximate surface area is 261 Å². The van der Waals surface area contributed by atoms with Crippen molar-refractivity contribution in [2.24, 2.45) is 0 Å². The van der Waals surface area contributed by atoms with Crippen molar-refractivity contribution in [3.63, 3.8) is 0 Å². The van der Waals surface area contributed by atoms with Crippen LogP contribution in [0.15, 0.2) is 158 Å². The van der Waals surface area contributed by atoms with Crippen LogP contribution in [0.25, 0.3) is 45.0 Å². The first-order valence-corrected chi connectivity index (χ1v) is 15.0. The van der Waals surface area contributed by atoms with Crippen LogP contribution in [0, 0.1) is 0 Å². The summed E-state index contributed by atoms with van der Waals surface area (Å²) in [5.74, 6) is 1.08. The molecule has 0 unspecified atom stereocenters. The fourth-order valence-electron chi connectivity index (χ4n) is 6.66. The lowest BCUT2D eigenvalue weighted by Crippen LogP contribution is -2.28. The van der Waals surface area contributed by atoms with E-state index in [4.69, 9.17) is 16.6 Å².